The van der Waals surface area contributed by atoms with Gasteiger partial charge < -0.3 is 9.30 Å². The number of aryl methyl sites for hydroxylation is 1. The molecule has 2 aromatic heterocycles. The van der Waals surface area contributed by atoms with E-state index in [4.69, 9.17) is 11.6 Å². The highest BCUT2D eigenvalue weighted by atomic mass is 35.5. The Hall–Kier alpha value is -1.62. The van der Waals surface area contributed by atoms with Gasteiger partial charge >= 0.3 is 5.97 Å². The van der Waals surface area contributed by atoms with Crippen LogP contribution in [-0.2, 0) is 11.8 Å². The number of methoxy groups -OCH3 is 1. The van der Waals surface area contributed by atoms with Gasteiger partial charge in [-0.2, -0.15) is 4.98 Å². The number of hydrogen-bond donors (Lipinski definition) is 0. The number of esters is 1. The number of ether oxygens (including phenoxy) is 1. The minimum atomic E-state index is -0.411. The van der Waals surface area contributed by atoms with E-state index in [1.807, 2.05) is 0 Å². The molecule has 0 N–H and O–H groups in total. The van der Waals surface area contributed by atoms with Crippen LogP contribution in [-0.4, -0.2) is 27.6 Å². The van der Waals surface area contributed by atoms with Crippen molar-refractivity contribution in [2.24, 2.45) is 7.05 Å². The SMILES string of the molecule is COC(=O)c1cc2cnc(Cl)nc2n1C. The van der Waals surface area contributed by atoms with E-state index in [1.165, 1.54) is 7.11 Å². The molecule has 0 aliphatic carbocycles. The Morgan fingerprint density at radius 1 is 1.60 bits per heavy atom. The van der Waals surface area contributed by atoms with Crippen molar-refractivity contribution >= 4 is 28.6 Å². The number of rotatable bonds is 1. The van der Waals surface area contributed by atoms with Gasteiger partial charge in [-0.25, -0.2) is 9.78 Å². The van der Waals surface area contributed by atoms with E-state index < -0.39 is 5.97 Å². The summed E-state index contributed by atoms with van der Waals surface area (Å²) in [6.45, 7) is 0. The van der Waals surface area contributed by atoms with E-state index in [0.29, 0.717) is 11.3 Å². The molecule has 0 saturated carbocycles. The standard InChI is InChI=1S/C9H8ClN3O2/c1-13-6(8(14)15-2)3-5-4-11-9(10)12-7(5)13/h3-4H,1-2H3. The van der Waals surface area contributed by atoms with Crippen LogP contribution in [0, 0.1) is 0 Å². The first-order valence-electron chi connectivity index (χ1n) is 4.19. The topological polar surface area (TPSA) is 57.0 Å². The van der Waals surface area contributed by atoms with Crippen LogP contribution in [0.2, 0.25) is 5.28 Å². The first-order chi connectivity index (χ1) is 7.13. The quantitative estimate of drug-likeness (QED) is 0.544. The van der Waals surface area contributed by atoms with E-state index in [9.17, 15) is 4.79 Å². The van der Waals surface area contributed by atoms with Crippen LogP contribution in [0.15, 0.2) is 12.3 Å². The minimum absolute atomic E-state index is 0.153. The highest BCUT2D eigenvalue weighted by Crippen LogP contribution is 2.17. The van der Waals surface area contributed by atoms with Gasteiger partial charge in [0.05, 0.1) is 7.11 Å². The summed E-state index contributed by atoms with van der Waals surface area (Å²) in [5.74, 6) is -0.411. The predicted molar refractivity (Wildman–Crippen MR) is 54.9 cm³/mol. The van der Waals surface area contributed by atoms with Crippen LogP contribution in [0.25, 0.3) is 11.0 Å². The van der Waals surface area contributed by atoms with Crippen molar-refractivity contribution in [2.75, 3.05) is 7.11 Å². The molecular weight excluding hydrogens is 218 g/mol. The lowest BCUT2D eigenvalue weighted by Crippen LogP contribution is -2.07. The second kappa shape index (κ2) is 3.51. The first kappa shape index (κ1) is 9.92. The monoisotopic (exact) mass is 225 g/mol. The number of halogens is 1. The minimum Gasteiger partial charge on any atom is -0.464 e. The Balaban J connectivity index is 2.69. The van der Waals surface area contributed by atoms with Gasteiger partial charge in [-0.15, -0.1) is 0 Å². The summed E-state index contributed by atoms with van der Waals surface area (Å²) in [5.41, 5.74) is 1.03. The fraction of sp³-hybridized carbons (Fsp3) is 0.222. The molecule has 0 radical (unpaired) electrons. The third kappa shape index (κ3) is 1.55. The molecule has 0 unspecified atom stereocenters. The zero-order valence-corrected chi connectivity index (χ0v) is 8.95. The molecule has 2 heterocycles. The molecule has 78 valence electrons. The fourth-order valence-corrected chi connectivity index (χ4v) is 1.52. The van der Waals surface area contributed by atoms with Gasteiger partial charge in [-0.05, 0) is 17.7 Å². The Labute approximate surface area is 90.6 Å². The third-order valence-electron chi connectivity index (χ3n) is 2.13. The summed E-state index contributed by atoms with van der Waals surface area (Å²) >= 11 is 5.66. The summed E-state index contributed by atoms with van der Waals surface area (Å²) in [5, 5.41) is 0.905. The normalized spacial score (nSPS) is 10.6. The second-order valence-electron chi connectivity index (χ2n) is 3.00. The lowest BCUT2D eigenvalue weighted by Gasteiger charge is -2.00. The average Bonchev–Trinajstić information content (AvgIpc) is 2.55. The Morgan fingerprint density at radius 2 is 2.33 bits per heavy atom. The van der Waals surface area contributed by atoms with Crippen molar-refractivity contribution in [3.05, 3.63) is 23.2 Å². The second-order valence-corrected chi connectivity index (χ2v) is 3.34. The molecule has 0 aliphatic rings. The Bertz CT molecular complexity index is 535. The lowest BCUT2D eigenvalue weighted by molar-refractivity contribution is 0.0590. The maximum atomic E-state index is 11.4. The number of aromatic nitrogens is 3. The smallest absolute Gasteiger partial charge is 0.354 e. The van der Waals surface area contributed by atoms with Crippen molar-refractivity contribution in [1.82, 2.24) is 14.5 Å². The molecule has 6 heteroatoms. The predicted octanol–water partition coefficient (Wildman–Crippen LogP) is 1.41. The van der Waals surface area contributed by atoms with Crippen LogP contribution >= 0.6 is 11.6 Å². The summed E-state index contributed by atoms with van der Waals surface area (Å²) in [6.07, 6.45) is 1.57. The van der Waals surface area contributed by atoms with E-state index >= 15 is 0 Å². The number of carbonyl (C=O) groups is 1. The Morgan fingerprint density at radius 3 is 3.00 bits per heavy atom. The molecular formula is C9H8ClN3O2. The van der Waals surface area contributed by atoms with Gasteiger partial charge in [-0.1, -0.05) is 0 Å². The van der Waals surface area contributed by atoms with Crippen molar-refractivity contribution in [3.63, 3.8) is 0 Å². The molecule has 0 spiro atoms. The summed E-state index contributed by atoms with van der Waals surface area (Å²) in [7, 11) is 3.05. The molecule has 5 nitrogen and oxygen atoms in total. The molecule has 0 fully saturated rings. The summed E-state index contributed by atoms with van der Waals surface area (Å²) in [4.78, 5) is 19.2. The number of fused-ring (bicyclic) bond motifs is 1. The van der Waals surface area contributed by atoms with E-state index in [2.05, 4.69) is 14.7 Å². The van der Waals surface area contributed by atoms with Gasteiger partial charge in [0, 0.05) is 18.6 Å². The fourth-order valence-electron chi connectivity index (χ4n) is 1.39. The van der Waals surface area contributed by atoms with Crippen molar-refractivity contribution in [3.8, 4) is 0 Å². The molecule has 0 atom stereocenters. The van der Waals surface area contributed by atoms with Crippen molar-refractivity contribution in [2.45, 2.75) is 0 Å². The van der Waals surface area contributed by atoms with Gasteiger partial charge in [-0.3, -0.25) is 0 Å². The molecule has 2 rings (SSSR count). The van der Waals surface area contributed by atoms with E-state index in [0.717, 1.165) is 5.39 Å². The van der Waals surface area contributed by atoms with Crippen LogP contribution in [0.5, 0.6) is 0 Å². The molecule has 2 aromatic rings. The van der Waals surface area contributed by atoms with Crippen LogP contribution < -0.4 is 0 Å². The zero-order valence-electron chi connectivity index (χ0n) is 8.19. The summed E-state index contributed by atoms with van der Waals surface area (Å²) < 4.78 is 6.26. The first-order valence-corrected chi connectivity index (χ1v) is 4.57. The Kier molecular flexibility index (Phi) is 2.32. The van der Waals surface area contributed by atoms with E-state index in [-0.39, 0.29) is 5.28 Å². The van der Waals surface area contributed by atoms with Crippen LogP contribution in [0.4, 0.5) is 0 Å². The largest absolute Gasteiger partial charge is 0.464 e. The number of carbonyl (C=O) groups excluding carboxylic acids is 1. The maximum absolute atomic E-state index is 11.4. The van der Waals surface area contributed by atoms with Crippen molar-refractivity contribution < 1.29 is 9.53 Å². The molecule has 15 heavy (non-hydrogen) atoms. The number of nitrogens with zero attached hydrogens (tertiary/aromatic N) is 3. The molecule has 0 amide bonds. The van der Waals surface area contributed by atoms with Gasteiger partial charge in [0.2, 0.25) is 5.28 Å². The van der Waals surface area contributed by atoms with Gasteiger partial charge in [0.15, 0.2) is 0 Å². The maximum Gasteiger partial charge on any atom is 0.354 e. The van der Waals surface area contributed by atoms with Crippen molar-refractivity contribution in [1.29, 1.82) is 0 Å². The highest BCUT2D eigenvalue weighted by molar-refractivity contribution is 6.28. The molecule has 0 saturated heterocycles. The summed E-state index contributed by atoms with van der Waals surface area (Å²) in [6, 6.07) is 1.66. The highest BCUT2D eigenvalue weighted by Gasteiger charge is 2.14. The average molecular weight is 226 g/mol. The molecule has 0 aromatic carbocycles. The van der Waals surface area contributed by atoms with Gasteiger partial charge in [0.1, 0.15) is 11.3 Å². The van der Waals surface area contributed by atoms with Gasteiger partial charge in [0.25, 0.3) is 0 Å². The molecule has 0 aliphatic heterocycles. The third-order valence-corrected chi connectivity index (χ3v) is 2.31. The molecule has 0 bridgehead atoms. The zero-order chi connectivity index (χ0) is 11.0. The van der Waals surface area contributed by atoms with Crippen LogP contribution in [0.1, 0.15) is 10.5 Å². The van der Waals surface area contributed by atoms with Crippen LogP contribution in [0.3, 0.4) is 0 Å². The van der Waals surface area contributed by atoms with E-state index in [1.54, 1.807) is 23.9 Å². The number of hydrogen-bond acceptors (Lipinski definition) is 4. The lowest BCUT2D eigenvalue weighted by atomic mass is 10.4.